The zero-order valence-electron chi connectivity index (χ0n) is 14.9. The maximum Gasteiger partial charge on any atom is 0.268 e. The molecule has 0 fully saturated rings. The van der Waals surface area contributed by atoms with Gasteiger partial charge in [0.25, 0.3) is 10.0 Å². The van der Waals surface area contributed by atoms with Crippen LogP contribution in [0.4, 0.5) is 0 Å². The lowest BCUT2D eigenvalue weighted by atomic mass is 9.96. The number of benzene rings is 2. The zero-order valence-corrected chi connectivity index (χ0v) is 15.7. The van der Waals surface area contributed by atoms with Crippen LogP contribution in [-0.2, 0) is 22.9 Å². The predicted octanol–water partition coefficient (Wildman–Crippen LogP) is 3.77. The molecule has 0 amide bonds. The van der Waals surface area contributed by atoms with Gasteiger partial charge in [-0.15, -0.1) is 0 Å². The number of hydrogen-bond acceptors (Lipinski definition) is 4. The van der Waals surface area contributed by atoms with Gasteiger partial charge in [-0.1, -0.05) is 0 Å². The molecule has 136 valence electrons. The number of hydrogen-bond donors (Lipinski definition) is 0. The van der Waals surface area contributed by atoms with Crippen molar-refractivity contribution in [3.63, 3.8) is 0 Å². The second-order valence-corrected chi connectivity index (χ2v) is 8.25. The van der Waals surface area contributed by atoms with E-state index in [0.717, 1.165) is 48.1 Å². The van der Waals surface area contributed by atoms with Crippen molar-refractivity contribution >= 4 is 20.9 Å². The van der Waals surface area contributed by atoms with Crippen LogP contribution in [-0.4, -0.2) is 26.6 Å². The van der Waals surface area contributed by atoms with E-state index in [4.69, 9.17) is 9.47 Å². The van der Waals surface area contributed by atoms with E-state index in [1.54, 1.807) is 38.5 Å². The van der Waals surface area contributed by atoms with Crippen molar-refractivity contribution in [2.24, 2.45) is 0 Å². The molecule has 0 aliphatic heterocycles. The molecular formula is C20H21NO4S. The number of fused-ring (bicyclic) bond motifs is 3. The van der Waals surface area contributed by atoms with Crippen molar-refractivity contribution in [1.29, 1.82) is 0 Å². The van der Waals surface area contributed by atoms with E-state index in [0.29, 0.717) is 11.3 Å². The van der Waals surface area contributed by atoms with Gasteiger partial charge in [-0.25, -0.2) is 12.4 Å². The Hall–Kier alpha value is -2.47. The van der Waals surface area contributed by atoms with Crippen molar-refractivity contribution in [1.82, 2.24) is 3.97 Å². The van der Waals surface area contributed by atoms with Gasteiger partial charge in [0.15, 0.2) is 0 Å². The lowest BCUT2D eigenvalue weighted by molar-refractivity contribution is 0.414. The Morgan fingerprint density at radius 3 is 2.23 bits per heavy atom. The van der Waals surface area contributed by atoms with Crippen molar-refractivity contribution < 1.29 is 17.9 Å². The van der Waals surface area contributed by atoms with Crippen molar-refractivity contribution in [2.45, 2.75) is 30.6 Å². The maximum absolute atomic E-state index is 13.4. The number of rotatable bonds is 4. The normalized spacial score (nSPS) is 14.2. The Labute approximate surface area is 153 Å². The molecule has 0 saturated carbocycles. The summed E-state index contributed by atoms with van der Waals surface area (Å²) in [6.07, 6.45) is 3.73. The van der Waals surface area contributed by atoms with Crippen molar-refractivity contribution in [3.8, 4) is 11.5 Å². The molecule has 1 aliphatic rings. The van der Waals surface area contributed by atoms with Gasteiger partial charge in [0, 0.05) is 11.1 Å². The average molecular weight is 371 g/mol. The van der Waals surface area contributed by atoms with E-state index in [-0.39, 0.29) is 4.90 Å². The van der Waals surface area contributed by atoms with Crippen LogP contribution >= 0.6 is 0 Å². The van der Waals surface area contributed by atoms with Crippen LogP contribution in [0, 0.1) is 0 Å². The fourth-order valence-electron chi connectivity index (χ4n) is 3.74. The number of methoxy groups -OCH3 is 2. The lowest BCUT2D eigenvalue weighted by Gasteiger charge is -2.16. The molecule has 5 nitrogen and oxygen atoms in total. The molecule has 4 rings (SSSR count). The van der Waals surface area contributed by atoms with Crippen LogP contribution in [0.3, 0.4) is 0 Å². The molecule has 2 aromatic carbocycles. The van der Waals surface area contributed by atoms with Crippen LogP contribution in [0.15, 0.2) is 47.4 Å². The molecule has 0 atom stereocenters. The highest BCUT2D eigenvalue weighted by molar-refractivity contribution is 7.90. The summed E-state index contributed by atoms with van der Waals surface area (Å²) < 4.78 is 38.9. The summed E-state index contributed by atoms with van der Waals surface area (Å²) in [5.74, 6) is 1.37. The first kappa shape index (κ1) is 17.0. The molecule has 0 spiro atoms. The predicted molar refractivity (Wildman–Crippen MR) is 101 cm³/mol. The van der Waals surface area contributed by atoms with E-state index in [2.05, 4.69) is 0 Å². The molecule has 0 radical (unpaired) electrons. The smallest absolute Gasteiger partial charge is 0.268 e. The monoisotopic (exact) mass is 371 g/mol. The number of nitrogens with zero attached hydrogens (tertiary/aromatic N) is 1. The molecule has 0 unspecified atom stereocenters. The molecule has 26 heavy (non-hydrogen) atoms. The average Bonchev–Trinajstić information content (AvgIpc) is 3.02. The molecular weight excluding hydrogens is 350 g/mol. The minimum atomic E-state index is -3.69. The Bertz CT molecular complexity index is 1070. The highest BCUT2D eigenvalue weighted by Gasteiger charge is 2.28. The minimum absolute atomic E-state index is 0.263. The SMILES string of the molecule is COc1ccc(S(=O)(=O)n2c3c(c4cc(OC)ccc42)CCCC3)cc1. The largest absolute Gasteiger partial charge is 0.497 e. The summed E-state index contributed by atoms with van der Waals surface area (Å²) in [5.41, 5.74) is 2.74. The summed E-state index contributed by atoms with van der Waals surface area (Å²) in [4.78, 5) is 0.263. The molecule has 1 aromatic heterocycles. The van der Waals surface area contributed by atoms with Gasteiger partial charge in [0.1, 0.15) is 11.5 Å². The van der Waals surface area contributed by atoms with E-state index >= 15 is 0 Å². The third-order valence-electron chi connectivity index (χ3n) is 5.03. The fourth-order valence-corrected chi connectivity index (χ4v) is 5.34. The number of aryl methyl sites for hydroxylation is 1. The van der Waals surface area contributed by atoms with Crippen molar-refractivity contribution in [3.05, 3.63) is 53.7 Å². The van der Waals surface area contributed by atoms with Crippen LogP contribution in [0.25, 0.3) is 10.9 Å². The maximum atomic E-state index is 13.4. The van der Waals surface area contributed by atoms with E-state index < -0.39 is 10.0 Å². The Kier molecular flexibility index (Phi) is 4.15. The first-order valence-corrected chi connectivity index (χ1v) is 10.1. The standard InChI is InChI=1S/C20H21NO4S/c1-24-14-7-10-16(11-8-14)26(22,23)21-19-6-4-3-5-17(19)18-13-15(25-2)9-12-20(18)21/h7-13H,3-6H2,1-2H3. The van der Waals surface area contributed by atoms with Gasteiger partial charge in [-0.2, -0.15) is 0 Å². The second-order valence-electron chi connectivity index (χ2n) is 6.46. The van der Waals surface area contributed by atoms with Gasteiger partial charge in [-0.05, 0) is 73.7 Å². The van der Waals surface area contributed by atoms with Crippen LogP contribution in [0.2, 0.25) is 0 Å². The van der Waals surface area contributed by atoms with E-state index in [1.807, 2.05) is 18.2 Å². The summed E-state index contributed by atoms with van der Waals surface area (Å²) in [6, 6.07) is 12.1. The quantitative estimate of drug-likeness (QED) is 0.700. The third kappa shape index (κ3) is 2.56. The van der Waals surface area contributed by atoms with Gasteiger partial charge in [-0.3, -0.25) is 0 Å². The second kappa shape index (κ2) is 6.36. The molecule has 0 N–H and O–H groups in total. The Balaban J connectivity index is 1.97. The number of ether oxygens (including phenoxy) is 2. The molecule has 0 saturated heterocycles. The molecule has 0 bridgehead atoms. The number of aromatic nitrogens is 1. The summed E-state index contributed by atoms with van der Waals surface area (Å²) in [5, 5.41) is 0.969. The first-order valence-electron chi connectivity index (χ1n) is 8.66. The molecule has 1 aliphatic carbocycles. The highest BCUT2D eigenvalue weighted by atomic mass is 32.2. The molecule has 3 aromatic rings. The summed E-state index contributed by atoms with van der Waals surface area (Å²) >= 11 is 0. The summed E-state index contributed by atoms with van der Waals surface area (Å²) in [6.45, 7) is 0. The molecule has 1 heterocycles. The van der Waals surface area contributed by atoms with Crippen LogP contribution in [0.5, 0.6) is 11.5 Å². The topological polar surface area (TPSA) is 57.5 Å². The van der Waals surface area contributed by atoms with Crippen molar-refractivity contribution in [2.75, 3.05) is 14.2 Å². The molecule has 6 heteroatoms. The Morgan fingerprint density at radius 2 is 1.54 bits per heavy atom. The Morgan fingerprint density at radius 1 is 0.885 bits per heavy atom. The van der Waals surface area contributed by atoms with E-state index in [1.165, 1.54) is 3.97 Å². The van der Waals surface area contributed by atoms with Crippen LogP contribution < -0.4 is 9.47 Å². The summed E-state index contributed by atoms with van der Waals surface area (Å²) in [7, 11) is -0.502. The van der Waals surface area contributed by atoms with Crippen LogP contribution in [0.1, 0.15) is 24.1 Å². The van der Waals surface area contributed by atoms with Gasteiger partial charge in [0.2, 0.25) is 0 Å². The third-order valence-corrected chi connectivity index (χ3v) is 6.79. The fraction of sp³-hybridized carbons (Fsp3) is 0.300. The minimum Gasteiger partial charge on any atom is -0.497 e. The highest BCUT2D eigenvalue weighted by Crippen LogP contribution is 2.36. The van der Waals surface area contributed by atoms with E-state index in [9.17, 15) is 8.42 Å². The lowest BCUT2D eigenvalue weighted by Crippen LogP contribution is -2.17. The van der Waals surface area contributed by atoms with Gasteiger partial charge in [0.05, 0.1) is 24.6 Å². The van der Waals surface area contributed by atoms with Gasteiger partial charge < -0.3 is 9.47 Å². The van der Waals surface area contributed by atoms with Gasteiger partial charge >= 0.3 is 0 Å². The first-order chi connectivity index (χ1) is 12.6. The zero-order chi connectivity index (χ0) is 18.3.